The summed E-state index contributed by atoms with van der Waals surface area (Å²) in [6, 6.07) is 13.0. The highest BCUT2D eigenvalue weighted by molar-refractivity contribution is 5.97. The SMILES string of the molecule is COc1cc(OC)c(C(=O)NCc2ccc(-c3ccn[nH]3)cc2)cc1OC. The zero-order valence-electron chi connectivity index (χ0n) is 15.4. The lowest BCUT2D eigenvalue weighted by Crippen LogP contribution is -2.23. The van der Waals surface area contributed by atoms with Crippen LogP contribution in [0.2, 0.25) is 0 Å². The molecular formula is C20H21N3O4. The zero-order chi connectivity index (χ0) is 19.2. The average Bonchev–Trinajstić information content (AvgIpc) is 3.26. The van der Waals surface area contributed by atoms with Gasteiger partial charge in [-0.1, -0.05) is 24.3 Å². The van der Waals surface area contributed by atoms with Crippen molar-refractivity contribution >= 4 is 5.91 Å². The minimum absolute atomic E-state index is 0.259. The molecule has 3 rings (SSSR count). The fraction of sp³-hybridized carbons (Fsp3) is 0.200. The van der Waals surface area contributed by atoms with E-state index in [2.05, 4.69) is 15.5 Å². The number of H-pyrrole nitrogens is 1. The fourth-order valence-electron chi connectivity index (χ4n) is 2.70. The van der Waals surface area contributed by atoms with Gasteiger partial charge in [-0.2, -0.15) is 5.10 Å². The van der Waals surface area contributed by atoms with E-state index in [4.69, 9.17) is 14.2 Å². The van der Waals surface area contributed by atoms with Crippen molar-refractivity contribution in [2.24, 2.45) is 0 Å². The lowest BCUT2D eigenvalue weighted by Gasteiger charge is -2.14. The van der Waals surface area contributed by atoms with Crippen LogP contribution in [-0.2, 0) is 6.54 Å². The number of carbonyl (C=O) groups is 1. The maximum absolute atomic E-state index is 12.6. The number of nitrogens with zero attached hydrogens (tertiary/aromatic N) is 1. The van der Waals surface area contributed by atoms with Gasteiger partial charge in [0.05, 0.1) is 32.6 Å². The molecule has 0 atom stereocenters. The number of methoxy groups -OCH3 is 3. The Balaban J connectivity index is 1.72. The molecule has 1 aromatic heterocycles. The van der Waals surface area contributed by atoms with Crippen LogP contribution in [0.15, 0.2) is 48.7 Å². The number of hydrogen-bond donors (Lipinski definition) is 2. The molecule has 140 valence electrons. The van der Waals surface area contributed by atoms with E-state index in [-0.39, 0.29) is 5.91 Å². The Morgan fingerprint density at radius 2 is 1.63 bits per heavy atom. The van der Waals surface area contributed by atoms with Gasteiger partial charge in [-0.3, -0.25) is 9.89 Å². The summed E-state index contributed by atoms with van der Waals surface area (Å²) in [5.41, 5.74) is 3.33. The standard InChI is InChI=1S/C20H21N3O4/c1-25-17-11-19(27-3)18(26-2)10-15(17)20(24)21-12-13-4-6-14(7-5-13)16-8-9-22-23-16/h4-11H,12H2,1-3H3,(H,21,24)(H,22,23). The maximum Gasteiger partial charge on any atom is 0.255 e. The molecule has 0 bridgehead atoms. The second-order valence-electron chi connectivity index (χ2n) is 5.76. The van der Waals surface area contributed by atoms with E-state index in [1.165, 1.54) is 21.3 Å². The third-order valence-corrected chi connectivity index (χ3v) is 4.17. The molecular weight excluding hydrogens is 346 g/mol. The molecule has 2 N–H and O–H groups in total. The Bertz CT molecular complexity index is 906. The van der Waals surface area contributed by atoms with E-state index >= 15 is 0 Å². The Labute approximate surface area is 157 Å². The van der Waals surface area contributed by atoms with Gasteiger partial charge >= 0.3 is 0 Å². The smallest absolute Gasteiger partial charge is 0.255 e. The Kier molecular flexibility index (Phi) is 5.61. The molecule has 0 aliphatic rings. The first-order valence-electron chi connectivity index (χ1n) is 8.33. The molecule has 2 aromatic carbocycles. The van der Waals surface area contributed by atoms with Crippen LogP contribution in [0.5, 0.6) is 17.2 Å². The zero-order valence-corrected chi connectivity index (χ0v) is 15.4. The van der Waals surface area contributed by atoms with E-state index in [1.807, 2.05) is 30.3 Å². The van der Waals surface area contributed by atoms with E-state index in [9.17, 15) is 4.79 Å². The molecule has 0 radical (unpaired) electrons. The van der Waals surface area contributed by atoms with Crippen molar-refractivity contribution in [3.8, 4) is 28.5 Å². The minimum Gasteiger partial charge on any atom is -0.496 e. The molecule has 0 aliphatic heterocycles. The molecule has 3 aromatic rings. The summed E-state index contributed by atoms with van der Waals surface area (Å²) >= 11 is 0. The first-order chi connectivity index (χ1) is 13.2. The van der Waals surface area contributed by atoms with Gasteiger partial charge in [0.15, 0.2) is 11.5 Å². The third kappa shape index (κ3) is 4.03. The predicted molar refractivity (Wildman–Crippen MR) is 101 cm³/mol. The number of rotatable bonds is 7. The average molecular weight is 367 g/mol. The van der Waals surface area contributed by atoms with E-state index in [0.717, 1.165) is 16.8 Å². The van der Waals surface area contributed by atoms with Gasteiger partial charge in [0.25, 0.3) is 5.91 Å². The van der Waals surface area contributed by atoms with Crippen molar-refractivity contribution in [3.05, 3.63) is 59.8 Å². The monoisotopic (exact) mass is 367 g/mol. The molecule has 0 saturated heterocycles. The highest BCUT2D eigenvalue weighted by atomic mass is 16.5. The summed E-state index contributed by atoms with van der Waals surface area (Å²) in [5, 5.41) is 9.76. The van der Waals surface area contributed by atoms with Crippen LogP contribution in [0.1, 0.15) is 15.9 Å². The van der Waals surface area contributed by atoms with Crippen LogP contribution in [0.4, 0.5) is 0 Å². The molecule has 0 unspecified atom stereocenters. The molecule has 1 amide bonds. The number of ether oxygens (including phenoxy) is 3. The number of carbonyl (C=O) groups excluding carboxylic acids is 1. The lowest BCUT2D eigenvalue weighted by atomic mass is 10.1. The second-order valence-corrected chi connectivity index (χ2v) is 5.76. The largest absolute Gasteiger partial charge is 0.496 e. The molecule has 27 heavy (non-hydrogen) atoms. The number of aromatic nitrogens is 2. The minimum atomic E-state index is -0.259. The Morgan fingerprint density at radius 3 is 2.22 bits per heavy atom. The van der Waals surface area contributed by atoms with Gasteiger partial charge in [-0.15, -0.1) is 0 Å². The summed E-state index contributed by atoms with van der Waals surface area (Å²) in [6.07, 6.45) is 1.71. The molecule has 7 nitrogen and oxygen atoms in total. The first-order valence-corrected chi connectivity index (χ1v) is 8.33. The number of nitrogens with one attached hydrogen (secondary N) is 2. The summed E-state index contributed by atoms with van der Waals surface area (Å²) in [4.78, 5) is 12.6. The van der Waals surface area contributed by atoms with Gasteiger partial charge in [0.1, 0.15) is 5.75 Å². The summed E-state index contributed by atoms with van der Waals surface area (Å²) in [6.45, 7) is 0.388. The molecule has 0 spiro atoms. The van der Waals surface area contributed by atoms with Crippen LogP contribution < -0.4 is 19.5 Å². The topological polar surface area (TPSA) is 85.5 Å². The molecule has 0 saturated carbocycles. The normalized spacial score (nSPS) is 10.3. The summed E-state index contributed by atoms with van der Waals surface area (Å²) in [7, 11) is 4.56. The number of hydrogen-bond acceptors (Lipinski definition) is 5. The second kappa shape index (κ2) is 8.27. The quantitative estimate of drug-likeness (QED) is 0.670. The van der Waals surface area contributed by atoms with Crippen LogP contribution >= 0.6 is 0 Å². The molecule has 1 heterocycles. The lowest BCUT2D eigenvalue weighted by molar-refractivity contribution is 0.0947. The maximum atomic E-state index is 12.6. The van der Waals surface area contributed by atoms with Gasteiger partial charge in [-0.25, -0.2) is 0 Å². The first kappa shape index (κ1) is 18.3. The van der Waals surface area contributed by atoms with Crippen molar-refractivity contribution in [2.45, 2.75) is 6.54 Å². The van der Waals surface area contributed by atoms with Crippen LogP contribution in [0.3, 0.4) is 0 Å². The van der Waals surface area contributed by atoms with E-state index in [0.29, 0.717) is 29.4 Å². The van der Waals surface area contributed by atoms with Crippen LogP contribution in [0, 0.1) is 0 Å². The molecule has 0 aliphatic carbocycles. The molecule has 7 heteroatoms. The predicted octanol–water partition coefficient (Wildman–Crippen LogP) is 3.03. The van der Waals surface area contributed by atoms with Gasteiger partial charge < -0.3 is 19.5 Å². The van der Waals surface area contributed by atoms with Crippen molar-refractivity contribution in [2.75, 3.05) is 21.3 Å². The van der Waals surface area contributed by atoms with Crippen LogP contribution in [0.25, 0.3) is 11.3 Å². The van der Waals surface area contributed by atoms with Crippen molar-refractivity contribution < 1.29 is 19.0 Å². The number of benzene rings is 2. The summed E-state index contributed by atoms with van der Waals surface area (Å²) < 4.78 is 15.8. The van der Waals surface area contributed by atoms with Crippen LogP contribution in [-0.4, -0.2) is 37.4 Å². The van der Waals surface area contributed by atoms with E-state index < -0.39 is 0 Å². The highest BCUT2D eigenvalue weighted by Gasteiger charge is 2.17. The molecule has 0 fully saturated rings. The van der Waals surface area contributed by atoms with Crippen molar-refractivity contribution in [1.82, 2.24) is 15.5 Å². The van der Waals surface area contributed by atoms with E-state index in [1.54, 1.807) is 18.3 Å². The third-order valence-electron chi connectivity index (χ3n) is 4.17. The number of amides is 1. The van der Waals surface area contributed by atoms with Crippen molar-refractivity contribution in [3.63, 3.8) is 0 Å². The fourth-order valence-corrected chi connectivity index (χ4v) is 2.70. The van der Waals surface area contributed by atoms with Gasteiger partial charge in [0.2, 0.25) is 0 Å². The number of aromatic amines is 1. The van der Waals surface area contributed by atoms with Gasteiger partial charge in [-0.05, 0) is 17.2 Å². The van der Waals surface area contributed by atoms with Gasteiger partial charge in [0, 0.05) is 24.9 Å². The Hall–Kier alpha value is -3.48. The highest BCUT2D eigenvalue weighted by Crippen LogP contribution is 2.34. The summed E-state index contributed by atoms with van der Waals surface area (Å²) in [5.74, 6) is 1.12. The van der Waals surface area contributed by atoms with Crippen molar-refractivity contribution in [1.29, 1.82) is 0 Å². The Morgan fingerprint density at radius 1 is 0.963 bits per heavy atom.